The minimum absolute atomic E-state index is 0.0349. The molecule has 0 aliphatic rings. The first-order chi connectivity index (χ1) is 10.0. The molecule has 4 N–H and O–H groups in total. The monoisotopic (exact) mass is 286 g/mol. The van der Waals surface area contributed by atoms with Crippen LogP contribution in [0.3, 0.4) is 0 Å². The Morgan fingerprint density at radius 2 is 2.05 bits per heavy atom. The highest BCUT2D eigenvalue weighted by Gasteiger charge is 2.19. The number of aryl methyl sites for hydroxylation is 1. The Balaban J connectivity index is 2.31. The number of hydrogen-bond donors (Lipinski definition) is 3. The molecule has 2 aromatic rings. The van der Waals surface area contributed by atoms with Crippen molar-refractivity contribution >= 4 is 11.6 Å². The molecule has 0 heterocycles. The summed E-state index contributed by atoms with van der Waals surface area (Å²) in [5.41, 5.74) is 7.89. The van der Waals surface area contributed by atoms with Crippen LogP contribution < -0.4 is 15.8 Å². The summed E-state index contributed by atoms with van der Waals surface area (Å²) in [6.07, 6.45) is 0. The first-order valence-corrected chi connectivity index (χ1v) is 6.50. The largest absolute Gasteiger partial charge is 0.504 e. The summed E-state index contributed by atoms with van der Waals surface area (Å²) in [6, 6.07) is 11.6. The second kappa shape index (κ2) is 6.17. The molecule has 0 bridgehead atoms. The molecule has 5 heteroatoms. The lowest BCUT2D eigenvalue weighted by Crippen LogP contribution is -2.27. The first kappa shape index (κ1) is 14.7. The van der Waals surface area contributed by atoms with Crippen LogP contribution in [0.2, 0.25) is 0 Å². The van der Waals surface area contributed by atoms with E-state index in [-0.39, 0.29) is 5.75 Å². The van der Waals surface area contributed by atoms with E-state index < -0.39 is 11.9 Å². The summed E-state index contributed by atoms with van der Waals surface area (Å²) in [7, 11) is 1.46. The topological polar surface area (TPSA) is 84.6 Å². The van der Waals surface area contributed by atoms with Gasteiger partial charge < -0.3 is 20.9 Å². The smallest absolute Gasteiger partial charge is 0.244 e. The van der Waals surface area contributed by atoms with Crippen LogP contribution in [-0.4, -0.2) is 18.1 Å². The van der Waals surface area contributed by atoms with Gasteiger partial charge in [0.1, 0.15) is 6.04 Å². The summed E-state index contributed by atoms with van der Waals surface area (Å²) >= 11 is 0. The van der Waals surface area contributed by atoms with Crippen LogP contribution in [0.4, 0.5) is 5.69 Å². The SMILES string of the molecule is COc1ccc(C(Nc2cccc(C)c2)C(N)=O)cc1O. The second-order valence-electron chi connectivity index (χ2n) is 4.78. The van der Waals surface area contributed by atoms with Crippen molar-refractivity contribution in [2.24, 2.45) is 5.73 Å². The Labute approximate surface area is 123 Å². The molecule has 5 nitrogen and oxygen atoms in total. The molecule has 0 aliphatic carbocycles. The van der Waals surface area contributed by atoms with E-state index in [1.54, 1.807) is 12.1 Å². The van der Waals surface area contributed by atoms with Gasteiger partial charge in [-0.3, -0.25) is 4.79 Å². The zero-order valence-corrected chi connectivity index (χ0v) is 12.0. The van der Waals surface area contributed by atoms with E-state index in [2.05, 4.69) is 5.32 Å². The number of rotatable bonds is 5. The molecule has 110 valence electrons. The molecule has 0 radical (unpaired) electrons. The van der Waals surface area contributed by atoms with Crippen LogP contribution in [-0.2, 0) is 4.79 Å². The molecule has 0 fully saturated rings. The maximum Gasteiger partial charge on any atom is 0.244 e. The zero-order chi connectivity index (χ0) is 15.4. The van der Waals surface area contributed by atoms with Crippen molar-refractivity contribution in [2.45, 2.75) is 13.0 Å². The highest BCUT2D eigenvalue weighted by Crippen LogP contribution is 2.30. The Morgan fingerprint density at radius 3 is 2.62 bits per heavy atom. The van der Waals surface area contributed by atoms with E-state index >= 15 is 0 Å². The molecule has 0 spiro atoms. The van der Waals surface area contributed by atoms with Gasteiger partial charge in [0.2, 0.25) is 5.91 Å². The predicted molar refractivity (Wildman–Crippen MR) is 81.4 cm³/mol. The predicted octanol–water partition coefficient (Wildman–Crippen LogP) is 2.35. The summed E-state index contributed by atoms with van der Waals surface area (Å²) in [5, 5.41) is 12.9. The minimum Gasteiger partial charge on any atom is -0.504 e. The lowest BCUT2D eigenvalue weighted by molar-refractivity contribution is -0.118. The number of benzene rings is 2. The van der Waals surface area contributed by atoms with E-state index in [1.807, 2.05) is 31.2 Å². The molecule has 1 amide bonds. The van der Waals surface area contributed by atoms with E-state index in [0.717, 1.165) is 11.3 Å². The summed E-state index contributed by atoms with van der Waals surface area (Å²) in [4.78, 5) is 11.7. The highest BCUT2D eigenvalue weighted by atomic mass is 16.5. The molecule has 2 rings (SSSR count). The Bertz CT molecular complexity index is 656. The van der Waals surface area contributed by atoms with E-state index in [0.29, 0.717) is 11.3 Å². The lowest BCUT2D eigenvalue weighted by Gasteiger charge is -2.18. The van der Waals surface area contributed by atoms with Gasteiger partial charge in [0.25, 0.3) is 0 Å². The molecule has 1 atom stereocenters. The van der Waals surface area contributed by atoms with Gasteiger partial charge in [-0.15, -0.1) is 0 Å². The van der Waals surface area contributed by atoms with Gasteiger partial charge in [0.05, 0.1) is 7.11 Å². The average Bonchev–Trinajstić information content (AvgIpc) is 2.44. The van der Waals surface area contributed by atoms with E-state index in [4.69, 9.17) is 10.5 Å². The number of ether oxygens (including phenoxy) is 1. The van der Waals surface area contributed by atoms with Gasteiger partial charge >= 0.3 is 0 Å². The highest BCUT2D eigenvalue weighted by molar-refractivity contribution is 5.84. The number of nitrogens with one attached hydrogen (secondary N) is 1. The van der Waals surface area contributed by atoms with E-state index in [1.165, 1.54) is 13.2 Å². The van der Waals surface area contributed by atoms with Gasteiger partial charge in [-0.1, -0.05) is 18.2 Å². The zero-order valence-electron chi connectivity index (χ0n) is 12.0. The number of carbonyl (C=O) groups is 1. The molecule has 2 aromatic carbocycles. The Morgan fingerprint density at radius 1 is 1.29 bits per heavy atom. The number of carbonyl (C=O) groups excluding carboxylic acids is 1. The third-order valence-corrected chi connectivity index (χ3v) is 3.15. The number of methoxy groups -OCH3 is 1. The third-order valence-electron chi connectivity index (χ3n) is 3.15. The fourth-order valence-electron chi connectivity index (χ4n) is 2.11. The van der Waals surface area contributed by atoms with Crippen molar-refractivity contribution in [1.29, 1.82) is 0 Å². The van der Waals surface area contributed by atoms with Crippen molar-refractivity contribution in [3.05, 3.63) is 53.6 Å². The number of primary amides is 1. The standard InChI is InChI=1S/C16H18N2O3/c1-10-4-3-5-12(8-10)18-15(16(17)20)11-6-7-14(21-2)13(19)9-11/h3-9,15,18-19H,1-2H3,(H2,17,20). The fraction of sp³-hybridized carbons (Fsp3) is 0.188. The molecular weight excluding hydrogens is 268 g/mol. The van der Waals surface area contributed by atoms with Crippen molar-refractivity contribution in [3.8, 4) is 11.5 Å². The van der Waals surface area contributed by atoms with Crippen LogP contribution in [0, 0.1) is 6.92 Å². The number of nitrogens with two attached hydrogens (primary N) is 1. The van der Waals surface area contributed by atoms with Gasteiger partial charge in [-0.2, -0.15) is 0 Å². The van der Waals surface area contributed by atoms with Crippen molar-refractivity contribution in [1.82, 2.24) is 0 Å². The van der Waals surface area contributed by atoms with Crippen LogP contribution in [0.25, 0.3) is 0 Å². The number of phenols is 1. The maximum atomic E-state index is 11.7. The van der Waals surface area contributed by atoms with Crippen molar-refractivity contribution < 1.29 is 14.6 Å². The van der Waals surface area contributed by atoms with Crippen LogP contribution in [0.15, 0.2) is 42.5 Å². The lowest BCUT2D eigenvalue weighted by atomic mass is 10.0. The number of hydrogen-bond acceptors (Lipinski definition) is 4. The Kier molecular flexibility index (Phi) is 4.33. The quantitative estimate of drug-likeness (QED) is 0.787. The number of aromatic hydroxyl groups is 1. The van der Waals surface area contributed by atoms with Gasteiger partial charge in [0, 0.05) is 5.69 Å². The fourth-order valence-corrected chi connectivity index (χ4v) is 2.11. The maximum absolute atomic E-state index is 11.7. The number of anilines is 1. The van der Waals surface area contributed by atoms with Gasteiger partial charge in [0.15, 0.2) is 11.5 Å². The molecule has 1 unspecified atom stereocenters. The normalized spacial score (nSPS) is 11.7. The minimum atomic E-state index is -0.733. The molecule has 0 aliphatic heterocycles. The molecule has 21 heavy (non-hydrogen) atoms. The van der Waals surface area contributed by atoms with E-state index in [9.17, 15) is 9.90 Å². The average molecular weight is 286 g/mol. The number of amides is 1. The molecular formula is C16H18N2O3. The summed E-state index contributed by atoms with van der Waals surface area (Å²) in [6.45, 7) is 1.96. The molecule has 0 saturated carbocycles. The first-order valence-electron chi connectivity index (χ1n) is 6.50. The van der Waals surface area contributed by atoms with Crippen LogP contribution in [0.1, 0.15) is 17.2 Å². The summed E-state index contributed by atoms with van der Waals surface area (Å²) in [5.74, 6) is -0.217. The molecule has 0 saturated heterocycles. The van der Waals surface area contributed by atoms with Crippen molar-refractivity contribution in [3.63, 3.8) is 0 Å². The van der Waals surface area contributed by atoms with Crippen LogP contribution >= 0.6 is 0 Å². The summed E-state index contributed by atoms with van der Waals surface area (Å²) < 4.78 is 4.99. The Hall–Kier alpha value is -2.69. The molecule has 0 aromatic heterocycles. The number of phenolic OH excluding ortho intramolecular Hbond substituents is 1. The van der Waals surface area contributed by atoms with Crippen LogP contribution in [0.5, 0.6) is 11.5 Å². The second-order valence-corrected chi connectivity index (χ2v) is 4.78. The third kappa shape index (κ3) is 3.45. The van der Waals surface area contributed by atoms with Gasteiger partial charge in [-0.05, 0) is 42.3 Å². The van der Waals surface area contributed by atoms with Crippen molar-refractivity contribution in [2.75, 3.05) is 12.4 Å². The van der Waals surface area contributed by atoms with Gasteiger partial charge in [-0.25, -0.2) is 0 Å².